The Morgan fingerprint density at radius 3 is 2.58 bits per heavy atom. The van der Waals surface area contributed by atoms with Crippen molar-refractivity contribution in [1.29, 1.82) is 0 Å². The number of benzene rings is 1. The maximum absolute atomic E-state index is 12.4. The third kappa shape index (κ3) is 3.42. The zero-order valence-corrected chi connectivity index (χ0v) is 14.0. The fourth-order valence-corrected chi connectivity index (χ4v) is 4.34. The molecular formula is C19H26N2O3. The number of hydrogen-bond donors (Lipinski definition) is 1. The molecule has 0 aromatic heterocycles. The van der Waals surface area contributed by atoms with Crippen molar-refractivity contribution >= 4 is 6.03 Å². The van der Waals surface area contributed by atoms with E-state index in [-0.39, 0.29) is 18.2 Å². The topological polar surface area (TPSA) is 50.8 Å². The van der Waals surface area contributed by atoms with Crippen LogP contribution >= 0.6 is 0 Å². The van der Waals surface area contributed by atoms with E-state index in [0.29, 0.717) is 38.1 Å². The standard InChI is InChI=1S/C19H26N2O3/c22-19(21-6-8-23-9-7-21)20-17-10-15-12-18(24-13-16(15)11-17)14-4-2-1-3-5-14/h1-5,15-18H,6-13H2,(H,20,22)/t15-,16+,17-,18-/m0/s1. The van der Waals surface area contributed by atoms with E-state index >= 15 is 0 Å². The minimum Gasteiger partial charge on any atom is -0.378 e. The normalized spacial score (nSPS) is 33.1. The van der Waals surface area contributed by atoms with Gasteiger partial charge in [-0.1, -0.05) is 30.3 Å². The van der Waals surface area contributed by atoms with Crippen LogP contribution in [-0.4, -0.2) is 49.9 Å². The highest BCUT2D eigenvalue weighted by Gasteiger charge is 2.40. The van der Waals surface area contributed by atoms with Crippen molar-refractivity contribution in [3.8, 4) is 0 Å². The van der Waals surface area contributed by atoms with Crippen LogP contribution in [0, 0.1) is 11.8 Å². The molecular weight excluding hydrogens is 304 g/mol. The van der Waals surface area contributed by atoms with Gasteiger partial charge in [0.05, 0.1) is 25.9 Å². The Morgan fingerprint density at radius 2 is 1.79 bits per heavy atom. The predicted octanol–water partition coefficient (Wildman–Crippen LogP) is 2.58. The number of nitrogens with one attached hydrogen (secondary N) is 1. The molecule has 3 aliphatic rings. The molecule has 0 spiro atoms. The number of hydrogen-bond acceptors (Lipinski definition) is 3. The zero-order valence-electron chi connectivity index (χ0n) is 14.0. The van der Waals surface area contributed by atoms with Gasteiger partial charge in [0.25, 0.3) is 0 Å². The van der Waals surface area contributed by atoms with Crippen LogP contribution in [0.1, 0.15) is 30.9 Å². The van der Waals surface area contributed by atoms with Crippen molar-refractivity contribution in [2.75, 3.05) is 32.9 Å². The molecule has 5 heteroatoms. The second-order valence-corrected chi connectivity index (χ2v) is 7.21. The molecule has 24 heavy (non-hydrogen) atoms. The molecule has 1 aromatic carbocycles. The molecule has 1 aromatic rings. The van der Waals surface area contributed by atoms with Crippen molar-refractivity contribution in [3.05, 3.63) is 35.9 Å². The lowest BCUT2D eigenvalue weighted by Crippen LogP contribution is -2.48. The zero-order chi connectivity index (χ0) is 16.4. The summed E-state index contributed by atoms with van der Waals surface area (Å²) in [5.74, 6) is 1.24. The summed E-state index contributed by atoms with van der Waals surface area (Å²) in [4.78, 5) is 14.2. The molecule has 2 aliphatic heterocycles. The summed E-state index contributed by atoms with van der Waals surface area (Å²) in [6.45, 7) is 3.51. The molecule has 0 unspecified atom stereocenters. The molecule has 0 radical (unpaired) electrons. The highest BCUT2D eigenvalue weighted by atomic mass is 16.5. The number of morpholine rings is 1. The maximum Gasteiger partial charge on any atom is 0.317 e. The first-order chi connectivity index (χ1) is 11.8. The molecule has 4 atom stereocenters. The lowest BCUT2D eigenvalue weighted by atomic mass is 9.86. The quantitative estimate of drug-likeness (QED) is 0.907. The summed E-state index contributed by atoms with van der Waals surface area (Å²) in [5, 5.41) is 3.24. The third-order valence-electron chi connectivity index (χ3n) is 5.67. The van der Waals surface area contributed by atoms with Crippen LogP contribution in [0.3, 0.4) is 0 Å². The van der Waals surface area contributed by atoms with E-state index in [9.17, 15) is 4.79 Å². The summed E-state index contributed by atoms with van der Waals surface area (Å²) in [5.41, 5.74) is 1.27. The lowest BCUT2D eigenvalue weighted by molar-refractivity contribution is -0.0384. The van der Waals surface area contributed by atoms with E-state index in [1.807, 2.05) is 11.0 Å². The van der Waals surface area contributed by atoms with Crippen LogP contribution in [0.15, 0.2) is 30.3 Å². The van der Waals surface area contributed by atoms with Crippen molar-refractivity contribution in [3.63, 3.8) is 0 Å². The second kappa shape index (κ2) is 7.11. The molecule has 130 valence electrons. The molecule has 2 saturated heterocycles. The fraction of sp³-hybridized carbons (Fsp3) is 0.632. The van der Waals surface area contributed by atoms with Gasteiger partial charge in [0.1, 0.15) is 0 Å². The van der Waals surface area contributed by atoms with Crippen molar-refractivity contribution in [2.24, 2.45) is 11.8 Å². The predicted molar refractivity (Wildman–Crippen MR) is 90.7 cm³/mol. The Morgan fingerprint density at radius 1 is 1.04 bits per heavy atom. The van der Waals surface area contributed by atoms with Crippen molar-refractivity contribution in [1.82, 2.24) is 10.2 Å². The average molecular weight is 330 g/mol. The lowest BCUT2D eigenvalue weighted by Gasteiger charge is -2.32. The van der Waals surface area contributed by atoms with Gasteiger partial charge in [-0.2, -0.15) is 0 Å². The van der Waals surface area contributed by atoms with E-state index in [0.717, 1.165) is 25.9 Å². The number of carbonyl (C=O) groups is 1. The van der Waals surface area contributed by atoms with Gasteiger partial charge in [0.15, 0.2) is 0 Å². The first-order valence-corrected chi connectivity index (χ1v) is 9.09. The minimum atomic E-state index is 0.0717. The van der Waals surface area contributed by atoms with Gasteiger partial charge in [-0.15, -0.1) is 0 Å². The highest BCUT2D eigenvalue weighted by Crippen LogP contribution is 2.43. The summed E-state index contributed by atoms with van der Waals surface area (Å²) < 4.78 is 11.4. The number of amides is 2. The van der Waals surface area contributed by atoms with Crippen LogP contribution in [0.5, 0.6) is 0 Å². The van der Waals surface area contributed by atoms with Gasteiger partial charge >= 0.3 is 6.03 Å². The third-order valence-corrected chi connectivity index (χ3v) is 5.67. The van der Waals surface area contributed by atoms with Crippen LogP contribution < -0.4 is 5.32 Å². The Bertz CT molecular complexity index is 559. The molecule has 5 nitrogen and oxygen atoms in total. The molecule has 1 N–H and O–H groups in total. The average Bonchev–Trinajstić information content (AvgIpc) is 3.04. The minimum absolute atomic E-state index is 0.0717. The van der Waals surface area contributed by atoms with Gasteiger partial charge < -0.3 is 19.7 Å². The fourth-order valence-electron chi connectivity index (χ4n) is 4.34. The van der Waals surface area contributed by atoms with Crippen LogP contribution in [0.2, 0.25) is 0 Å². The summed E-state index contributed by atoms with van der Waals surface area (Å²) in [7, 11) is 0. The SMILES string of the molecule is O=C(N[C@@H]1C[C@@H]2CO[C@H](c3ccccc3)C[C@@H]2C1)N1CCOCC1. The van der Waals surface area contributed by atoms with E-state index in [2.05, 4.69) is 29.6 Å². The molecule has 3 fully saturated rings. The van der Waals surface area contributed by atoms with Gasteiger partial charge in [-0.05, 0) is 36.7 Å². The monoisotopic (exact) mass is 330 g/mol. The summed E-state index contributed by atoms with van der Waals surface area (Å²) in [6, 6.07) is 10.9. The summed E-state index contributed by atoms with van der Waals surface area (Å²) >= 11 is 0. The molecule has 4 rings (SSSR count). The molecule has 1 aliphatic carbocycles. The molecule has 1 saturated carbocycles. The van der Waals surface area contributed by atoms with Crippen molar-refractivity contribution in [2.45, 2.75) is 31.4 Å². The number of urea groups is 1. The van der Waals surface area contributed by atoms with Crippen LogP contribution in [-0.2, 0) is 9.47 Å². The van der Waals surface area contributed by atoms with E-state index in [1.165, 1.54) is 5.56 Å². The van der Waals surface area contributed by atoms with Crippen LogP contribution in [0.4, 0.5) is 4.79 Å². The Hall–Kier alpha value is -1.59. The highest BCUT2D eigenvalue weighted by molar-refractivity contribution is 5.74. The number of nitrogens with zero attached hydrogens (tertiary/aromatic N) is 1. The molecule has 2 heterocycles. The Balaban J connectivity index is 1.32. The Kier molecular flexibility index (Phi) is 4.72. The first-order valence-electron chi connectivity index (χ1n) is 9.09. The molecule has 2 amide bonds. The number of fused-ring (bicyclic) bond motifs is 1. The van der Waals surface area contributed by atoms with Crippen LogP contribution in [0.25, 0.3) is 0 Å². The Labute approximate surface area is 143 Å². The van der Waals surface area contributed by atoms with E-state index in [4.69, 9.17) is 9.47 Å². The van der Waals surface area contributed by atoms with Gasteiger partial charge in [0, 0.05) is 19.1 Å². The number of ether oxygens (including phenoxy) is 2. The van der Waals surface area contributed by atoms with E-state index in [1.54, 1.807) is 0 Å². The number of carbonyl (C=O) groups excluding carboxylic acids is 1. The van der Waals surface area contributed by atoms with Gasteiger partial charge in [-0.25, -0.2) is 4.79 Å². The summed E-state index contributed by atoms with van der Waals surface area (Å²) in [6.07, 6.45) is 3.40. The van der Waals surface area contributed by atoms with Gasteiger partial charge in [0.2, 0.25) is 0 Å². The van der Waals surface area contributed by atoms with Crippen molar-refractivity contribution < 1.29 is 14.3 Å². The largest absolute Gasteiger partial charge is 0.378 e. The second-order valence-electron chi connectivity index (χ2n) is 7.21. The molecule has 0 bridgehead atoms. The van der Waals surface area contributed by atoms with Gasteiger partial charge in [-0.3, -0.25) is 0 Å². The first kappa shape index (κ1) is 15.9. The van der Waals surface area contributed by atoms with E-state index < -0.39 is 0 Å². The maximum atomic E-state index is 12.4. The smallest absolute Gasteiger partial charge is 0.317 e. The number of rotatable bonds is 2.